The van der Waals surface area contributed by atoms with Crippen LogP contribution in [0.5, 0.6) is 0 Å². The molecule has 0 unspecified atom stereocenters. The second-order valence-corrected chi connectivity index (χ2v) is 17.7. The van der Waals surface area contributed by atoms with Crippen molar-refractivity contribution < 1.29 is 0 Å². The third-order valence-electron chi connectivity index (χ3n) is 1.80. The molecule has 1 aliphatic heterocycles. The quantitative estimate of drug-likeness (QED) is 0.605. The first-order valence-corrected chi connectivity index (χ1v) is 13.2. The summed E-state index contributed by atoms with van der Waals surface area (Å²) in [5.41, 5.74) is 0. The van der Waals surface area contributed by atoms with Crippen molar-refractivity contribution in [1.29, 1.82) is 0 Å². The van der Waals surface area contributed by atoms with E-state index >= 15 is 0 Å². The van der Waals surface area contributed by atoms with Crippen LogP contribution in [0.4, 0.5) is 0 Å². The van der Waals surface area contributed by atoms with Gasteiger partial charge in [-0.25, -0.2) is 0 Å². The Bertz CT molecular complexity index is 81.0. The standard InChI is InChI=1S/C3H6N.3CH3.Sn/c1-2-4-3-1;;;;/h1-3H2;3*1H3;/q-1;;;;+1. The van der Waals surface area contributed by atoms with E-state index < -0.39 is 18.7 Å². The van der Waals surface area contributed by atoms with Gasteiger partial charge in [-0.1, -0.05) is 0 Å². The van der Waals surface area contributed by atoms with Crippen LogP contribution in [0.1, 0.15) is 6.42 Å². The van der Waals surface area contributed by atoms with Gasteiger partial charge in [-0.15, -0.1) is 0 Å². The predicted molar refractivity (Wildman–Crippen MR) is 39.5 cm³/mol. The number of hydrogen-bond acceptors (Lipinski definition) is 1. The first-order chi connectivity index (χ1) is 3.61. The van der Waals surface area contributed by atoms with E-state index in [4.69, 9.17) is 0 Å². The molecule has 0 bridgehead atoms. The summed E-state index contributed by atoms with van der Waals surface area (Å²) < 4.78 is 2.70. The summed E-state index contributed by atoms with van der Waals surface area (Å²) in [6.07, 6.45) is 1.45. The molecule has 1 fully saturated rings. The third-order valence-corrected chi connectivity index (χ3v) is 8.50. The molecule has 0 aromatic carbocycles. The van der Waals surface area contributed by atoms with Crippen molar-refractivity contribution in [2.75, 3.05) is 13.1 Å². The van der Waals surface area contributed by atoms with E-state index in [1.54, 1.807) is 0 Å². The first-order valence-electron chi connectivity index (χ1n) is 3.36. The SMILES string of the molecule is [CH3][Sn]([CH3])([CH3])[N]1CCC1. The molecule has 8 heavy (non-hydrogen) atoms. The molecule has 1 nitrogen and oxygen atoms in total. The number of nitrogens with zero attached hydrogens (tertiary/aromatic N) is 1. The molecule has 0 aliphatic carbocycles. The molecule has 0 saturated carbocycles. The van der Waals surface area contributed by atoms with Gasteiger partial charge in [-0.3, -0.25) is 0 Å². The Morgan fingerprint density at radius 3 is 1.62 bits per heavy atom. The van der Waals surface area contributed by atoms with Crippen molar-refractivity contribution in [2.24, 2.45) is 0 Å². The minimum atomic E-state index is -1.49. The summed E-state index contributed by atoms with van der Waals surface area (Å²) >= 11 is -1.49. The zero-order chi connectivity index (χ0) is 6.20. The topological polar surface area (TPSA) is 3.24 Å². The second-order valence-electron chi connectivity index (χ2n) is 3.51. The zero-order valence-electron chi connectivity index (χ0n) is 6.07. The second kappa shape index (κ2) is 2.18. The molecule has 1 aliphatic rings. The summed E-state index contributed by atoms with van der Waals surface area (Å²) in [6, 6.07) is 0. The van der Waals surface area contributed by atoms with Gasteiger partial charge >= 0.3 is 56.1 Å². The summed E-state index contributed by atoms with van der Waals surface area (Å²) in [4.78, 5) is 7.44. The Labute approximate surface area is 56.3 Å². The molecule has 0 aromatic heterocycles. The Morgan fingerprint density at radius 2 is 1.62 bits per heavy atom. The van der Waals surface area contributed by atoms with Crippen molar-refractivity contribution in [3.63, 3.8) is 0 Å². The Morgan fingerprint density at radius 1 is 1.12 bits per heavy atom. The van der Waals surface area contributed by atoms with Gasteiger partial charge in [-0.05, 0) is 0 Å². The zero-order valence-corrected chi connectivity index (χ0v) is 8.92. The van der Waals surface area contributed by atoms with E-state index in [-0.39, 0.29) is 0 Å². The van der Waals surface area contributed by atoms with Gasteiger partial charge in [0.05, 0.1) is 0 Å². The Kier molecular flexibility index (Phi) is 1.87. The Balaban J connectivity index is 2.34. The molecule has 48 valence electrons. The van der Waals surface area contributed by atoms with E-state index in [1.807, 2.05) is 0 Å². The fraction of sp³-hybridized carbons (Fsp3) is 1.00. The fourth-order valence-corrected chi connectivity index (χ4v) is 5.72. The van der Waals surface area contributed by atoms with Crippen LogP contribution in [0.25, 0.3) is 0 Å². The van der Waals surface area contributed by atoms with Crippen LogP contribution in [-0.2, 0) is 0 Å². The number of rotatable bonds is 1. The molecule has 1 heterocycles. The molecule has 0 atom stereocenters. The Hall–Kier alpha value is 0.759. The number of hydrogen-bond donors (Lipinski definition) is 0. The summed E-state index contributed by atoms with van der Waals surface area (Å²) in [7, 11) is 0. The van der Waals surface area contributed by atoms with E-state index in [9.17, 15) is 0 Å². The summed E-state index contributed by atoms with van der Waals surface area (Å²) in [5.74, 6) is 0. The van der Waals surface area contributed by atoms with Crippen LogP contribution in [0, 0.1) is 0 Å². The molecular formula is C6H15NSn. The van der Waals surface area contributed by atoms with E-state index in [0.717, 1.165) is 0 Å². The van der Waals surface area contributed by atoms with Crippen LogP contribution >= 0.6 is 0 Å². The van der Waals surface area contributed by atoms with Crippen molar-refractivity contribution in [3.05, 3.63) is 0 Å². The van der Waals surface area contributed by atoms with Crippen molar-refractivity contribution in [1.82, 2.24) is 3.12 Å². The van der Waals surface area contributed by atoms with Gasteiger partial charge in [0.2, 0.25) is 0 Å². The first kappa shape index (κ1) is 6.87. The molecule has 1 saturated heterocycles. The van der Waals surface area contributed by atoms with Gasteiger partial charge in [-0.2, -0.15) is 0 Å². The van der Waals surface area contributed by atoms with Gasteiger partial charge in [0, 0.05) is 0 Å². The van der Waals surface area contributed by atoms with E-state index in [0.29, 0.717) is 0 Å². The molecular weight excluding hydrogens is 205 g/mol. The fourth-order valence-electron chi connectivity index (χ4n) is 0.987. The average Bonchev–Trinajstić information content (AvgIpc) is 1.16. The van der Waals surface area contributed by atoms with E-state index in [2.05, 4.69) is 17.9 Å². The van der Waals surface area contributed by atoms with Crippen molar-refractivity contribution in [2.45, 2.75) is 21.2 Å². The molecule has 0 radical (unpaired) electrons. The van der Waals surface area contributed by atoms with Crippen LogP contribution in [-0.4, -0.2) is 34.9 Å². The van der Waals surface area contributed by atoms with Gasteiger partial charge in [0.1, 0.15) is 0 Å². The van der Waals surface area contributed by atoms with Crippen molar-refractivity contribution in [3.8, 4) is 0 Å². The molecule has 2 heteroatoms. The maximum atomic E-state index is 2.70. The van der Waals surface area contributed by atoms with Gasteiger partial charge < -0.3 is 0 Å². The van der Waals surface area contributed by atoms with Crippen LogP contribution in [0.2, 0.25) is 14.8 Å². The van der Waals surface area contributed by atoms with Crippen LogP contribution in [0.3, 0.4) is 0 Å². The molecule has 0 N–H and O–H groups in total. The molecule has 0 spiro atoms. The normalized spacial score (nSPS) is 22.9. The van der Waals surface area contributed by atoms with E-state index in [1.165, 1.54) is 19.5 Å². The average molecular weight is 220 g/mol. The van der Waals surface area contributed by atoms with Crippen LogP contribution < -0.4 is 0 Å². The molecule has 1 rings (SSSR count). The summed E-state index contributed by atoms with van der Waals surface area (Å²) in [5, 5.41) is 0. The van der Waals surface area contributed by atoms with Crippen LogP contribution in [0.15, 0.2) is 0 Å². The van der Waals surface area contributed by atoms with Gasteiger partial charge in [0.15, 0.2) is 0 Å². The molecule has 0 amide bonds. The molecule has 0 aromatic rings. The maximum absolute atomic E-state index is 2.70. The van der Waals surface area contributed by atoms with Crippen molar-refractivity contribution >= 4 is 18.7 Å². The monoisotopic (exact) mass is 221 g/mol. The third kappa shape index (κ3) is 1.38. The summed E-state index contributed by atoms with van der Waals surface area (Å²) in [6.45, 7) is 2.80. The minimum absolute atomic E-state index is 1.40. The predicted octanol–water partition coefficient (Wildman–Crippen LogP) is 1.53. The van der Waals surface area contributed by atoms with Gasteiger partial charge in [0.25, 0.3) is 0 Å².